The number of nitrogens with one attached hydrogen (secondary N) is 2. The minimum atomic E-state index is -0.144. The first-order valence-electron chi connectivity index (χ1n) is 7.76. The molecule has 0 bridgehead atoms. The largest absolute Gasteiger partial charge is 0.338 e. The number of carbonyl (C=O) groups excluding carboxylic acids is 1. The van der Waals surface area contributed by atoms with Gasteiger partial charge in [-0.2, -0.15) is 0 Å². The topological polar surface area (TPSA) is 54.0 Å². The third kappa shape index (κ3) is 5.15. The number of aromatic nitrogens is 1. The van der Waals surface area contributed by atoms with E-state index >= 15 is 0 Å². The number of unbranched alkanes of at least 4 members (excludes halogenated alkanes) is 3. The van der Waals surface area contributed by atoms with E-state index in [0.717, 1.165) is 34.9 Å². The number of aryl methyl sites for hydroxylation is 1. The quantitative estimate of drug-likeness (QED) is 0.719. The summed E-state index contributed by atoms with van der Waals surface area (Å²) in [5, 5.41) is 8.77. The predicted octanol–water partition coefficient (Wildman–Crippen LogP) is 4.82. The van der Waals surface area contributed by atoms with Crippen molar-refractivity contribution in [1.82, 2.24) is 10.3 Å². The highest BCUT2D eigenvalue weighted by atomic mass is 32.1. The molecule has 5 heteroatoms. The van der Waals surface area contributed by atoms with Gasteiger partial charge >= 0.3 is 6.03 Å². The van der Waals surface area contributed by atoms with Crippen LogP contribution in [-0.2, 0) is 0 Å². The summed E-state index contributed by atoms with van der Waals surface area (Å²) in [7, 11) is 0. The lowest BCUT2D eigenvalue weighted by Gasteiger charge is -2.08. The molecule has 0 aliphatic heterocycles. The Balaban J connectivity index is 1.79. The molecule has 0 unspecified atom stereocenters. The molecular formula is C17H23N3OS. The fraction of sp³-hybridized carbons (Fsp3) is 0.412. The molecule has 1 aromatic carbocycles. The van der Waals surface area contributed by atoms with E-state index in [-0.39, 0.29) is 6.03 Å². The maximum atomic E-state index is 11.8. The summed E-state index contributed by atoms with van der Waals surface area (Å²) in [6, 6.07) is 7.63. The smallest absolute Gasteiger partial charge is 0.319 e. The molecule has 2 aromatic rings. The van der Waals surface area contributed by atoms with Gasteiger partial charge in [-0.25, -0.2) is 9.78 Å². The van der Waals surface area contributed by atoms with Crippen LogP contribution in [0.2, 0.25) is 0 Å². The van der Waals surface area contributed by atoms with Crippen molar-refractivity contribution in [3.8, 4) is 10.6 Å². The molecule has 0 radical (unpaired) electrons. The Bertz CT molecular complexity index is 592. The molecule has 0 aliphatic carbocycles. The minimum Gasteiger partial charge on any atom is -0.338 e. The Kier molecular flexibility index (Phi) is 6.40. The van der Waals surface area contributed by atoms with Crippen molar-refractivity contribution in [3.63, 3.8) is 0 Å². The summed E-state index contributed by atoms with van der Waals surface area (Å²) in [6.07, 6.45) is 4.63. The van der Waals surface area contributed by atoms with Crippen molar-refractivity contribution in [1.29, 1.82) is 0 Å². The van der Waals surface area contributed by atoms with E-state index in [2.05, 4.69) is 22.5 Å². The first-order valence-corrected chi connectivity index (χ1v) is 8.64. The van der Waals surface area contributed by atoms with E-state index < -0.39 is 0 Å². The van der Waals surface area contributed by atoms with E-state index in [0.29, 0.717) is 0 Å². The number of carbonyl (C=O) groups is 1. The highest BCUT2D eigenvalue weighted by Crippen LogP contribution is 2.24. The van der Waals surface area contributed by atoms with Crippen molar-refractivity contribution >= 4 is 23.1 Å². The summed E-state index contributed by atoms with van der Waals surface area (Å²) in [5.41, 5.74) is 2.90. The van der Waals surface area contributed by atoms with Gasteiger partial charge < -0.3 is 10.6 Å². The summed E-state index contributed by atoms with van der Waals surface area (Å²) < 4.78 is 0. The van der Waals surface area contributed by atoms with E-state index in [1.54, 1.807) is 11.3 Å². The van der Waals surface area contributed by atoms with Crippen molar-refractivity contribution in [2.45, 2.75) is 39.5 Å². The Morgan fingerprint density at radius 2 is 1.95 bits per heavy atom. The molecule has 1 aromatic heterocycles. The summed E-state index contributed by atoms with van der Waals surface area (Å²) in [4.78, 5) is 16.2. The van der Waals surface area contributed by atoms with Gasteiger partial charge in [-0.3, -0.25) is 0 Å². The molecule has 0 spiro atoms. The molecule has 1 heterocycles. The minimum absolute atomic E-state index is 0.144. The van der Waals surface area contributed by atoms with Gasteiger partial charge in [-0.05, 0) is 37.6 Å². The van der Waals surface area contributed by atoms with Gasteiger partial charge in [0.15, 0.2) is 0 Å². The second-order valence-electron chi connectivity index (χ2n) is 5.31. The van der Waals surface area contributed by atoms with Crippen molar-refractivity contribution in [2.24, 2.45) is 0 Å². The lowest BCUT2D eigenvalue weighted by atomic mass is 10.2. The Morgan fingerprint density at radius 1 is 1.18 bits per heavy atom. The van der Waals surface area contributed by atoms with Crippen LogP contribution in [0.15, 0.2) is 29.6 Å². The fourth-order valence-electron chi connectivity index (χ4n) is 2.11. The Hall–Kier alpha value is -1.88. The lowest BCUT2D eigenvalue weighted by molar-refractivity contribution is 0.252. The van der Waals surface area contributed by atoms with E-state index in [1.165, 1.54) is 19.3 Å². The molecule has 0 aliphatic rings. The summed E-state index contributed by atoms with van der Waals surface area (Å²) in [5.74, 6) is 0. The number of benzene rings is 1. The number of urea groups is 1. The maximum Gasteiger partial charge on any atom is 0.319 e. The monoisotopic (exact) mass is 317 g/mol. The standard InChI is InChI=1S/C17H23N3OS/c1-3-4-5-6-11-18-17(21)20-15-9-7-14(8-10-15)16-19-13(2)12-22-16/h7-10,12H,3-6,11H2,1-2H3,(H2,18,20,21). The number of hydrogen-bond acceptors (Lipinski definition) is 3. The van der Waals surface area contributed by atoms with Crippen LogP contribution in [0, 0.1) is 6.92 Å². The lowest BCUT2D eigenvalue weighted by Crippen LogP contribution is -2.29. The molecule has 0 saturated carbocycles. The first kappa shape index (κ1) is 16.5. The number of nitrogens with zero attached hydrogens (tertiary/aromatic N) is 1. The summed E-state index contributed by atoms with van der Waals surface area (Å²) >= 11 is 1.63. The molecule has 0 atom stereocenters. The molecule has 22 heavy (non-hydrogen) atoms. The average molecular weight is 317 g/mol. The highest BCUT2D eigenvalue weighted by molar-refractivity contribution is 7.13. The zero-order chi connectivity index (χ0) is 15.8. The van der Waals surface area contributed by atoms with Gasteiger partial charge in [0.2, 0.25) is 0 Å². The van der Waals surface area contributed by atoms with Crippen LogP contribution in [0.5, 0.6) is 0 Å². The van der Waals surface area contributed by atoms with Crippen LogP contribution in [-0.4, -0.2) is 17.6 Å². The predicted molar refractivity (Wildman–Crippen MR) is 93.5 cm³/mol. The van der Waals surface area contributed by atoms with E-state index in [1.807, 2.05) is 36.6 Å². The SMILES string of the molecule is CCCCCCNC(=O)Nc1ccc(-c2nc(C)cs2)cc1. The Labute approximate surface area is 136 Å². The molecule has 2 N–H and O–H groups in total. The molecule has 0 saturated heterocycles. The molecule has 2 amide bonds. The second-order valence-corrected chi connectivity index (χ2v) is 6.17. The van der Waals surface area contributed by atoms with Crippen molar-refractivity contribution < 1.29 is 4.79 Å². The average Bonchev–Trinajstić information content (AvgIpc) is 2.94. The van der Waals surface area contributed by atoms with Gasteiger partial charge in [0.05, 0.1) is 0 Å². The number of anilines is 1. The molecular weight excluding hydrogens is 294 g/mol. The molecule has 0 fully saturated rings. The molecule has 118 valence electrons. The second kappa shape index (κ2) is 8.54. The number of rotatable bonds is 7. The molecule has 2 rings (SSSR count). The highest BCUT2D eigenvalue weighted by Gasteiger charge is 2.04. The van der Waals surface area contributed by atoms with Crippen LogP contribution in [0.1, 0.15) is 38.3 Å². The first-order chi connectivity index (χ1) is 10.7. The zero-order valence-electron chi connectivity index (χ0n) is 13.2. The van der Waals surface area contributed by atoms with Crippen LogP contribution in [0.4, 0.5) is 10.5 Å². The van der Waals surface area contributed by atoms with Crippen LogP contribution in [0.25, 0.3) is 10.6 Å². The van der Waals surface area contributed by atoms with Gasteiger partial charge in [-0.1, -0.05) is 26.2 Å². The van der Waals surface area contributed by atoms with Crippen LogP contribution < -0.4 is 10.6 Å². The summed E-state index contributed by atoms with van der Waals surface area (Å²) in [6.45, 7) is 4.89. The zero-order valence-corrected chi connectivity index (χ0v) is 14.0. The maximum absolute atomic E-state index is 11.8. The van der Waals surface area contributed by atoms with Crippen molar-refractivity contribution in [2.75, 3.05) is 11.9 Å². The number of amides is 2. The number of thiazole rings is 1. The normalized spacial score (nSPS) is 10.5. The van der Waals surface area contributed by atoms with E-state index in [9.17, 15) is 4.79 Å². The van der Waals surface area contributed by atoms with Gasteiger partial charge in [0.1, 0.15) is 5.01 Å². The van der Waals surface area contributed by atoms with Crippen LogP contribution >= 0.6 is 11.3 Å². The third-order valence-electron chi connectivity index (χ3n) is 3.32. The molecule has 4 nitrogen and oxygen atoms in total. The van der Waals surface area contributed by atoms with Gasteiger partial charge in [0.25, 0.3) is 0 Å². The van der Waals surface area contributed by atoms with Crippen LogP contribution in [0.3, 0.4) is 0 Å². The van der Waals surface area contributed by atoms with E-state index in [4.69, 9.17) is 0 Å². The van der Waals surface area contributed by atoms with Crippen molar-refractivity contribution in [3.05, 3.63) is 35.3 Å². The number of hydrogen-bond donors (Lipinski definition) is 2. The van der Waals surface area contributed by atoms with Gasteiger partial charge in [-0.15, -0.1) is 11.3 Å². The fourth-order valence-corrected chi connectivity index (χ4v) is 2.92. The Morgan fingerprint density at radius 3 is 2.59 bits per heavy atom. The third-order valence-corrected chi connectivity index (χ3v) is 4.33. The van der Waals surface area contributed by atoms with Gasteiger partial charge in [0, 0.05) is 28.9 Å².